The van der Waals surface area contributed by atoms with Crippen molar-refractivity contribution in [2.45, 2.75) is 44.7 Å². The van der Waals surface area contributed by atoms with Crippen LogP contribution < -0.4 is 5.32 Å². The number of piperidine rings is 1. The highest BCUT2D eigenvalue weighted by Crippen LogP contribution is 2.27. The fraction of sp³-hybridized carbons (Fsp3) is 0.375. The lowest BCUT2D eigenvalue weighted by Gasteiger charge is -2.31. The van der Waals surface area contributed by atoms with Crippen LogP contribution in [0.25, 0.3) is 10.9 Å². The second kappa shape index (κ2) is 8.85. The van der Waals surface area contributed by atoms with Gasteiger partial charge >= 0.3 is 0 Å². The molecular formula is C24H29N3O3S. The van der Waals surface area contributed by atoms with Crippen molar-refractivity contribution in [2.75, 3.05) is 13.1 Å². The first-order chi connectivity index (χ1) is 14.9. The normalized spacial score (nSPS) is 17.7. The Kier molecular flexibility index (Phi) is 6.16. The van der Waals surface area contributed by atoms with Crippen molar-refractivity contribution in [1.82, 2.24) is 14.2 Å². The first kappa shape index (κ1) is 21.6. The van der Waals surface area contributed by atoms with Crippen LogP contribution in [0.3, 0.4) is 0 Å². The molecule has 7 heteroatoms. The summed E-state index contributed by atoms with van der Waals surface area (Å²) in [7, 11) is -3.65. The van der Waals surface area contributed by atoms with Gasteiger partial charge in [-0.1, -0.05) is 29.8 Å². The Balaban J connectivity index is 1.46. The Bertz CT molecular complexity index is 1200. The molecule has 0 bridgehead atoms. The molecule has 0 unspecified atom stereocenters. The summed E-state index contributed by atoms with van der Waals surface area (Å²) in [5.41, 5.74) is 3.21. The molecule has 0 saturated carbocycles. The van der Waals surface area contributed by atoms with Crippen LogP contribution in [0.1, 0.15) is 30.9 Å². The first-order valence-corrected chi connectivity index (χ1v) is 12.2. The van der Waals surface area contributed by atoms with Gasteiger partial charge in [0.05, 0.1) is 10.8 Å². The van der Waals surface area contributed by atoms with Gasteiger partial charge in [0.1, 0.15) is 0 Å². The molecule has 31 heavy (non-hydrogen) atoms. The van der Waals surface area contributed by atoms with Gasteiger partial charge in [0.25, 0.3) is 0 Å². The molecule has 3 aromatic rings. The van der Waals surface area contributed by atoms with Crippen LogP contribution in [0.2, 0.25) is 0 Å². The third-order valence-electron chi connectivity index (χ3n) is 6.03. The molecule has 1 aliphatic heterocycles. The summed E-state index contributed by atoms with van der Waals surface area (Å²) in [6, 6.07) is 15.2. The number of carbonyl (C=O) groups excluding carboxylic acids is 1. The summed E-state index contributed by atoms with van der Waals surface area (Å²) in [6.45, 7) is 6.02. The van der Waals surface area contributed by atoms with Crippen molar-refractivity contribution >= 4 is 26.8 Å². The van der Waals surface area contributed by atoms with Gasteiger partial charge in [-0.2, -0.15) is 4.31 Å². The number of nitrogens with one attached hydrogen (secondary N) is 1. The first-order valence-electron chi connectivity index (χ1n) is 10.8. The summed E-state index contributed by atoms with van der Waals surface area (Å²) in [5.74, 6) is -0.421. The molecule has 0 aliphatic carbocycles. The van der Waals surface area contributed by atoms with Gasteiger partial charge in [-0.3, -0.25) is 4.79 Å². The van der Waals surface area contributed by atoms with E-state index in [0.717, 1.165) is 28.6 Å². The molecule has 1 N–H and O–H groups in total. The largest absolute Gasteiger partial charge is 0.352 e. The van der Waals surface area contributed by atoms with Crippen LogP contribution in [0.15, 0.2) is 59.6 Å². The SMILES string of the molecule is CCn1ccc2cc(S(=O)(=O)N3CCC[C@@H](C(=O)NCc4cccc(C)c4)C3)ccc21. The molecule has 0 spiro atoms. The van der Waals surface area contributed by atoms with Crippen LogP contribution in [-0.2, 0) is 27.9 Å². The Morgan fingerprint density at radius 3 is 2.77 bits per heavy atom. The van der Waals surface area contributed by atoms with Crippen LogP contribution in [-0.4, -0.2) is 36.3 Å². The smallest absolute Gasteiger partial charge is 0.243 e. The Morgan fingerprint density at radius 2 is 2.00 bits per heavy atom. The maximum Gasteiger partial charge on any atom is 0.243 e. The van der Waals surface area contributed by atoms with Gasteiger partial charge in [0.2, 0.25) is 15.9 Å². The minimum atomic E-state index is -3.65. The Labute approximate surface area is 183 Å². The number of hydrogen-bond acceptors (Lipinski definition) is 3. The molecule has 1 amide bonds. The van der Waals surface area contributed by atoms with E-state index >= 15 is 0 Å². The third-order valence-corrected chi connectivity index (χ3v) is 7.89. The summed E-state index contributed by atoms with van der Waals surface area (Å²) < 4.78 is 30.1. The zero-order valence-electron chi connectivity index (χ0n) is 18.0. The van der Waals surface area contributed by atoms with Gasteiger partial charge in [0, 0.05) is 43.3 Å². The second-order valence-corrected chi connectivity index (χ2v) is 10.2. The highest BCUT2D eigenvalue weighted by molar-refractivity contribution is 7.89. The molecule has 1 fully saturated rings. The monoisotopic (exact) mass is 439 g/mol. The van der Waals surface area contributed by atoms with E-state index in [1.807, 2.05) is 49.5 Å². The van der Waals surface area contributed by atoms with Crippen molar-refractivity contribution in [2.24, 2.45) is 5.92 Å². The van der Waals surface area contributed by atoms with E-state index in [0.29, 0.717) is 25.9 Å². The van der Waals surface area contributed by atoms with E-state index in [4.69, 9.17) is 0 Å². The molecule has 2 heterocycles. The third kappa shape index (κ3) is 4.52. The standard InChI is InChI=1S/C24H29N3O3S/c1-3-26-13-11-20-15-22(9-10-23(20)26)31(29,30)27-12-5-8-21(17-27)24(28)25-16-19-7-4-6-18(2)14-19/h4,6-7,9-11,13-15,21H,3,5,8,12,16-17H2,1-2H3,(H,25,28)/t21-/m1/s1. The highest BCUT2D eigenvalue weighted by Gasteiger charge is 2.33. The van der Waals surface area contributed by atoms with Crippen LogP contribution in [0.4, 0.5) is 0 Å². The molecule has 1 aromatic heterocycles. The van der Waals surface area contributed by atoms with Crippen LogP contribution in [0.5, 0.6) is 0 Å². The van der Waals surface area contributed by atoms with Crippen molar-refractivity contribution in [3.05, 3.63) is 65.9 Å². The summed E-state index contributed by atoms with van der Waals surface area (Å²) in [6.07, 6.45) is 3.34. The predicted molar refractivity (Wildman–Crippen MR) is 122 cm³/mol. The maximum atomic E-state index is 13.3. The number of benzene rings is 2. The predicted octanol–water partition coefficient (Wildman–Crippen LogP) is 3.69. The number of carbonyl (C=O) groups is 1. The number of fused-ring (bicyclic) bond motifs is 1. The number of amides is 1. The molecule has 1 aliphatic rings. The lowest BCUT2D eigenvalue weighted by Crippen LogP contribution is -2.45. The molecule has 1 saturated heterocycles. The van der Waals surface area contributed by atoms with E-state index in [1.54, 1.807) is 12.1 Å². The number of hydrogen-bond donors (Lipinski definition) is 1. The van der Waals surface area contributed by atoms with Crippen molar-refractivity contribution < 1.29 is 13.2 Å². The van der Waals surface area contributed by atoms with Gasteiger partial charge in [-0.15, -0.1) is 0 Å². The van der Waals surface area contributed by atoms with E-state index in [-0.39, 0.29) is 23.3 Å². The van der Waals surface area contributed by atoms with Gasteiger partial charge in [0.15, 0.2) is 0 Å². The molecule has 4 rings (SSSR count). The van der Waals surface area contributed by atoms with Crippen LogP contribution in [0, 0.1) is 12.8 Å². The minimum absolute atomic E-state index is 0.0862. The zero-order valence-corrected chi connectivity index (χ0v) is 18.9. The van der Waals surface area contributed by atoms with Gasteiger partial charge in [-0.05, 0) is 56.5 Å². The number of sulfonamides is 1. The lowest BCUT2D eigenvalue weighted by molar-refractivity contribution is -0.126. The van der Waals surface area contributed by atoms with Crippen LogP contribution >= 0.6 is 0 Å². The van der Waals surface area contributed by atoms with Gasteiger partial charge in [-0.25, -0.2) is 8.42 Å². The average Bonchev–Trinajstić information content (AvgIpc) is 3.20. The van der Waals surface area contributed by atoms with E-state index in [2.05, 4.69) is 16.8 Å². The summed E-state index contributed by atoms with van der Waals surface area (Å²) in [4.78, 5) is 13.0. The Morgan fingerprint density at radius 1 is 1.16 bits per heavy atom. The quantitative estimate of drug-likeness (QED) is 0.637. The number of nitrogens with zero attached hydrogens (tertiary/aromatic N) is 2. The molecule has 164 valence electrons. The minimum Gasteiger partial charge on any atom is -0.352 e. The zero-order chi connectivity index (χ0) is 22.0. The van der Waals surface area contributed by atoms with E-state index in [9.17, 15) is 13.2 Å². The van der Waals surface area contributed by atoms with E-state index in [1.165, 1.54) is 4.31 Å². The average molecular weight is 440 g/mol. The molecule has 6 nitrogen and oxygen atoms in total. The Hall–Kier alpha value is -2.64. The molecule has 1 atom stereocenters. The molecular weight excluding hydrogens is 410 g/mol. The highest BCUT2D eigenvalue weighted by atomic mass is 32.2. The topological polar surface area (TPSA) is 71.4 Å². The summed E-state index contributed by atoms with van der Waals surface area (Å²) >= 11 is 0. The second-order valence-electron chi connectivity index (χ2n) is 8.23. The fourth-order valence-electron chi connectivity index (χ4n) is 4.29. The molecule has 2 aromatic carbocycles. The van der Waals surface area contributed by atoms with Crippen molar-refractivity contribution in [3.8, 4) is 0 Å². The fourth-order valence-corrected chi connectivity index (χ4v) is 5.85. The summed E-state index contributed by atoms with van der Waals surface area (Å²) in [5, 5.41) is 3.89. The maximum absolute atomic E-state index is 13.3. The van der Waals surface area contributed by atoms with Gasteiger partial charge < -0.3 is 9.88 Å². The molecule has 0 radical (unpaired) electrons. The van der Waals surface area contributed by atoms with Crippen molar-refractivity contribution in [3.63, 3.8) is 0 Å². The number of aromatic nitrogens is 1. The van der Waals surface area contributed by atoms with E-state index < -0.39 is 10.0 Å². The lowest BCUT2D eigenvalue weighted by atomic mass is 9.98. The number of aryl methyl sites for hydroxylation is 2. The number of rotatable bonds is 6. The van der Waals surface area contributed by atoms with Crippen molar-refractivity contribution in [1.29, 1.82) is 0 Å².